The van der Waals surface area contributed by atoms with Gasteiger partial charge in [-0.15, -0.1) is 11.3 Å². The zero-order valence-electron chi connectivity index (χ0n) is 17.7. The van der Waals surface area contributed by atoms with Gasteiger partial charge in [0.25, 0.3) is 5.91 Å². The van der Waals surface area contributed by atoms with Gasteiger partial charge in [0.15, 0.2) is 0 Å². The van der Waals surface area contributed by atoms with Crippen LogP contribution in [-0.2, 0) is 22.4 Å². The third kappa shape index (κ3) is 3.81. The highest BCUT2D eigenvalue weighted by molar-refractivity contribution is 7.17. The van der Waals surface area contributed by atoms with Crippen molar-refractivity contribution in [2.24, 2.45) is 23.7 Å². The maximum atomic E-state index is 13.4. The second kappa shape index (κ2) is 8.41. The first-order valence-corrected chi connectivity index (χ1v) is 12.5. The van der Waals surface area contributed by atoms with Crippen LogP contribution in [-0.4, -0.2) is 28.9 Å². The van der Waals surface area contributed by atoms with Crippen molar-refractivity contribution in [1.29, 1.82) is 0 Å². The van der Waals surface area contributed by atoms with Crippen LogP contribution in [0.15, 0.2) is 12.2 Å². The summed E-state index contributed by atoms with van der Waals surface area (Å²) in [4.78, 5) is 39.8. The molecule has 2 fully saturated rings. The second-order valence-corrected chi connectivity index (χ2v) is 10.6. The third-order valence-corrected chi connectivity index (χ3v) is 8.87. The Morgan fingerprint density at radius 3 is 2.26 bits per heavy atom. The Morgan fingerprint density at radius 2 is 1.58 bits per heavy atom. The fourth-order valence-electron chi connectivity index (χ4n) is 6.11. The van der Waals surface area contributed by atoms with Gasteiger partial charge >= 0.3 is 5.97 Å². The number of anilines is 1. The van der Waals surface area contributed by atoms with E-state index >= 15 is 0 Å². The summed E-state index contributed by atoms with van der Waals surface area (Å²) >= 11 is 1.51. The summed E-state index contributed by atoms with van der Waals surface area (Å²) in [5.74, 6) is -2.62. The minimum absolute atomic E-state index is 0.0450. The van der Waals surface area contributed by atoms with E-state index in [0.717, 1.165) is 69.8 Å². The quantitative estimate of drug-likeness (QED) is 0.597. The first kappa shape index (κ1) is 20.7. The van der Waals surface area contributed by atoms with Gasteiger partial charge in [-0.25, -0.2) is 0 Å². The van der Waals surface area contributed by atoms with E-state index in [4.69, 9.17) is 0 Å². The van der Waals surface area contributed by atoms with Gasteiger partial charge in [0.05, 0.1) is 17.4 Å². The highest BCUT2D eigenvalue weighted by Gasteiger charge is 2.48. The van der Waals surface area contributed by atoms with Gasteiger partial charge in [-0.3, -0.25) is 14.4 Å². The first-order chi connectivity index (χ1) is 15.0. The number of carboxylic acids is 1. The molecule has 0 saturated heterocycles. The number of hydrogen-bond donors (Lipinski definition) is 3. The van der Waals surface area contributed by atoms with Gasteiger partial charge in [-0.05, 0) is 68.8 Å². The second-order valence-electron chi connectivity index (χ2n) is 9.54. The summed E-state index contributed by atoms with van der Waals surface area (Å²) in [6.07, 6.45) is 13.9. The number of carboxylic acid groups (broad SMARTS) is 1. The van der Waals surface area contributed by atoms with Crippen LogP contribution in [0.25, 0.3) is 0 Å². The molecule has 7 heteroatoms. The highest BCUT2D eigenvalue weighted by Crippen LogP contribution is 2.46. The van der Waals surface area contributed by atoms with Gasteiger partial charge in [0.2, 0.25) is 5.91 Å². The molecule has 0 radical (unpaired) electrons. The Morgan fingerprint density at radius 1 is 0.903 bits per heavy atom. The largest absolute Gasteiger partial charge is 0.481 e. The first-order valence-electron chi connectivity index (χ1n) is 11.7. The Labute approximate surface area is 186 Å². The lowest BCUT2D eigenvalue weighted by Gasteiger charge is -2.41. The van der Waals surface area contributed by atoms with E-state index in [1.807, 2.05) is 12.2 Å². The summed E-state index contributed by atoms with van der Waals surface area (Å²) in [5.41, 5.74) is 1.71. The van der Waals surface area contributed by atoms with Crippen LogP contribution >= 0.6 is 11.3 Å². The van der Waals surface area contributed by atoms with Gasteiger partial charge in [-0.2, -0.15) is 0 Å². The van der Waals surface area contributed by atoms with Crippen molar-refractivity contribution >= 4 is 34.1 Å². The molecule has 31 heavy (non-hydrogen) atoms. The van der Waals surface area contributed by atoms with Crippen LogP contribution in [0.2, 0.25) is 0 Å². The maximum absolute atomic E-state index is 13.4. The van der Waals surface area contributed by atoms with Crippen molar-refractivity contribution in [3.05, 3.63) is 28.2 Å². The fourth-order valence-corrected chi connectivity index (χ4v) is 7.39. The molecule has 5 aliphatic rings. The molecular formula is C24H30N2O4S. The van der Waals surface area contributed by atoms with E-state index in [9.17, 15) is 19.5 Å². The molecule has 166 valence electrons. The lowest BCUT2D eigenvalue weighted by Crippen LogP contribution is -2.47. The molecule has 4 atom stereocenters. The smallest absolute Gasteiger partial charge is 0.307 e. The van der Waals surface area contributed by atoms with Crippen molar-refractivity contribution in [2.45, 2.75) is 70.3 Å². The van der Waals surface area contributed by atoms with E-state index in [-0.39, 0.29) is 29.7 Å². The summed E-state index contributed by atoms with van der Waals surface area (Å²) in [7, 11) is 0. The number of aliphatic carboxylic acids is 1. The number of thiophene rings is 1. The summed E-state index contributed by atoms with van der Waals surface area (Å²) < 4.78 is 0. The summed E-state index contributed by atoms with van der Waals surface area (Å²) in [6.45, 7) is 0. The number of carbonyl (C=O) groups excluding carboxylic acids is 2. The predicted octanol–water partition coefficient (Wildman–Crippen LogP) is 4.15. The molecule has 0 unspecified atom stereocenters. The molecule has 3 N–H and O–H groups in total. The van der Waals surface area contributed by atoms with E-state index in [1.54, 1.807) is 0 Å². The number of hydrogen-bond acceptors (Lipinski definition) is 4. The molecular weight excluding hydrogens is 412 g/mol. The van der Waals surface area contributed by atoms with Crippen LogP contribution in [0.5, 0.6) is 0 Å². The van der Waals surface area contributed by atoms with Crippen molar-refractivity contribution in [2.75, 3.05) is 5.32 Å². The number of carbonyl (C=O) groups is 3. The lowest BCUT2D eigenvalue weighted by atomic mass is 9.62. The number of rotatable bonds is 5. The third-order valence-electron chi connectivity index (χ3n) is 7.66. The van der Waals surface area contributed by atoms with E-state index in [2.05, 4.69) is 10.6 Å². The van der Waals surface area contributed by atoms with Gasteiger partial charge in [-0.1, -0.05) is 25.0 Å². The topological polar surface area (TPSA) is 95.5 Å². The molecule has 1 heterocycles. The van der Waals surface area contributed by atoms with Crippen molar-refractivity contribution in [3.8, 4) is 0 Å². The standard InChI is InChI=1S/C24H30N2O4S/c27-21(18-13-9-11-14(12-10-13)19(18)24(29)30)26-23-20(16-7-3-4-8-17(16)31-23)22(28)25-15-5-1-2-6-15/h9,11,13-15,18-19H,1-8,10,12H2,(H,25,28)(H,26,27)(H,29,30)/t13-,14-,18+,19+/m0/s1. The minimum Gasteiger partial charge on any atom is -0.481 e. The molecule has 0 aliphatic heterocycles. The SMILES string of the molecule is O=C(NC1CCCC1)c1c(NC(=O)[C@H]2[C@H](C(=O)O)[C@H]3C=C[C@H]2CC3)sc2c1CCCC2. The van der Waals surface area contributed by atoms with E-state index in [1.165, 1.54) is 16.2 Å². The van der Waals surface area contributed by atoms with Crippen molar-refractivity contribution < 1.29 is 19.5 Å². The predicted molar refractivity (Wildman–Crippen MR) is 119 cm³/mol. The summed E-state index contributed by atoms with van der Waals surface area (Å²) in [6, 6.07) is 0.214. The molecule has 6 nitrogen and oxygen atoms in total. The highest BCUT2D eigenvalue weighted by atomic mass is 32.1. The van der Waals surface area contributed by atoms with Crippen LogP contribution in [0.3, 0.4) is 0 Å². The average molecular weight is 443 g/mol. The average Bonchev–Trinajstić information content (AvgIpc) is 3.40. The van der Waals surface area contributed by atoms with Gasteiger partial charge in [0.1, 0.15) is 5.00 Å². The maximum Gasteiger partial charge on any atom is 0.307 e. The molecule has 6 rings (SSSR count). The number of nitrogens with one attached hydrogen (secondary N) is 2. The normalized spacial score (nSPS) is 29.5. The van der Waals surface area contributed by atoms with Crippen molar-refractivity contribution in [1.82, 2.24) is 5.32 Å². The molecule has 2 saturated carbocycles. The Kier molecular flexibility index (Phi) is 5.63. The minimum atomic E-state index is -0.899. The van der Waals surface area contributed by atoms with Crippen LogP contribution in [0.1, 0.15) is 72.2 Å². The number of aryl methyl sites for hydroxylation is 1. The van der Waals surface area contributed by atoms with Crippen LogP contribution in [0.4, 0.5) is 5.00 Å². The Bertz CT molecular complexity index is 930. The van der Waals surface area contributed by atoms with Crippen LogP contribution in [0, 0.1) is 23.7 Å². The summed E-state index contributed by atoms with van der Waals surface area (Å²) in [5, 5.41) is 16.6. The van der Waals surface area contributed by atoms with Crippen LogP contribution < -0.4 is 10.6 Å². The molecule has 0 spiro atoms. The molecule has 1 aromatic heterocycles. The Hall–Kier alpha value is -2.15. The van der Waals surface area contributed by atoms with Crippen molar-refractivity contribution in [3.63, 3.8) is 0 Å². The van der Waals surface area contributed by atoms with Gasteiger partial charge in [0, 0.05) is 10.9 Å². The molecule has 5 aliphatic carbocycles. The molecule has 2 amide bonds. The number of fused-ring (bicyclic) bond motifs is 3. The Balaban J connectivity index is 1.42. The molecule has 0 aromatic carbocycles. The molecule has 2 bridgehead atoms. The lowest BCUT2D eigenvalue weighted by molar-refractivity contribution is -0.151. The fraction of sp³-hybridized carbons (Fsp3) is 0.625. The zero-order valence-corrected chi connectivity index (χ0v) is 18.5. The van der Waals surface area contributed by atoms with E-state index < -0.39 is 17.8 Å². The monoisotopic (exact) mass is 442 g/mol. The molecule has 1 aromatic rings. The number of allylic oxidation sites excluding steroid dienone is 2. The number of amides is 2. The van der Waals surface area contributed by atoms with E-state index in [0.29, 0.717) is 10.6 Å². The zero-order chi connectivity index (χ0) is 21.5. The van der Waals surface area contributed by atoms with Gasteiger partial charge < -0.3 is 15.7 Å².